The molecule has 4 heterocycles. The maximum atomic E-state index is 12.7. The first-order chi connectivity index (χ1) is 12.3. The van der Waals surface area contributed by atoms with E-state index in [1.54, 1.807) is 0 Å². The number of pyridine rings is 1. The van der Waals surface area contributed by atoms with Crippen LogP contribution in [0.5, 0.6) is 0 Å². The number of aromatic amines is 1. The molecule has 2 aliphatic rings. The first-order valence-electron chi connectivity index (χ1n) is 9.08. The smallest absolute Gasteiger partial charge is 0.363 e. The summed E-state index contributed by atoms with van der Waals surface area (Å²) in [6.07, 6.45) is 5.41. The van der Waals surface area contributed by atoms with E-state index in [-0.39, 0.29) is 12.0 Å². The van der Waals surface area contributed by atoms with Crippen LogP contribution < -0.4 is 14.6 Å². The molecule has 0 aliphatic carbocycles. The van der Waals surface area contributed by atoms with Crippen molar-refractivity contribution in [3.8, 4) is 0 Å². The van der Waals surface area contributed by atoms with E-state index in [1.165, 1.54) is 6.42 Å². The van der Waals surface area contributed by atoms with E-state index in [9.17, 15) is 4.79 Å². The van der Waals surface area contributed by atoms with Crippen LogP contribution in [-0.2, 0) is 9.47 Å². The van der Waals surface area contributed by atoms with Crippen molar-refractivity contribution in [3.63, 3.8) is 0 Å². The molecular weight excluding hydrogens is 320 g/mol. The highest BCUT2D eigenvalue weighted by atomic mass is 16.5. The number of H-pyrrole nitrogens is 1. The summed E-state index contributed by atoms with van der Waals surface area (Å²) in [5.41, 5.74) is 1.48. The van der Waals surface area contributed by atoms with Gasteiger partial charge in [-0.2, -0.15) is 0 Å². The van der Waals surface area contributed by atoms with Crippen molar-refractivity contribution in [2.45, 2.75) is 25.4 Å². The van der Waals surface area contributed by atoms with Gasteiger partial charge in [-0.15, -0.1) is 0 Å². The molecule has 1 atom stereocenters. The number of hydrogen-bond acceptors (Lipinski definition) is 4. The highest BCUT2D eigenvalue weighted by molar-refractivity contribution is 5.98. The van der Waals surface area contributed by atoms with E-state index in [1.807, 2.05) is 28.8 Å². The van der Waals surface area contributed by atoms with E-state index < -0.39 is 0 Å². The second-order valence-electron chi connectivity index (χ2n) is 6.58. The predicted molar refractivity (Wildman–Crippen MR) is 92.9 cm³/mol. The number of carbonyl (C=O) groups is 1. The fraction of sp³-hybridized carbons (Fsp3) is 0.556. The van der Waals surface area contributed by atoms with Crippen molar-refractivity contribution < 1.29 is 18.7 Å². The lowest BCUT2D eigenvalue weighted by Crippen LogP contribution is -2.41. The molecule has 2 N–H and O–H groups in total. The van der Waals surface area contributed by atoms with Crippen LogP contribution in [0.1, 0.15) is 29.8 Å². The van der Waals surface area contributed by atoms with Gasteiger partial charge in [-0.3, -0.25) is 9.69 Å². The Hall–Kier alpha value is -2.12. The molecule has 0 aromatic carbocycles. The fourth-order valence-electron chi connectivity index (χ4n) is 3.51. The van der Waals surface area contributed by atoms with Gasteiger partial charge in [0.2, 0.25) is 5.69 Å². The number of fused-ring (bicyclic) bond motifs is 1. The van der Waals surface area contributed by atoms with Crippen LogP contribution in [0.2, 0.25) is 0 Å². The number of amides is 1. The van der Waals surface area contributed by atoms with E-state index in [0.29, 0.717) is 25.5 Å². The summed E-state index contributed by atoms with van der Waals surface area (Å²) in [6.45, 7) is 4.39. The molecule has 0 radical (unpaired) electrons. The van der Waals surface area contributed by atoms with Crippen molar-refractivity contribution in [2.24, 2.45) is 0 Å². The SMILES string of the molecule is O=C(NCC1CCCCO1)c1[nH]c(N2CCOCC2)[n+]2ccccc12. The zero-order valence-corrected chi connectivity index (χ0v) is 14.4. The zero-order valence-electron chi connectivity index (χ0n) is 14.4. The average Bonchev–Trinajstić information content (AvgIpc) is 3.07. The molecule has 2 fully saturated rings. The third kappa shape index (κ3) is 3.48. The molecule has 4 rings (SSSR count). The molecule has 134 valence electrons. The molecule has 2 aliphatic heterocycles. The molecule has 2 aromatic rings. The van der Waals surface area contributed by atoms with E-state index >= 15 is 0 Å². The Morgan fingerprint density at radius 1 is 1.28 bits per heavy atom. The highest BCUT2D eigenvalue weighted by Crippen LogP contribution is 2.16. The Morgan fingerprint density at radius 2 is 2.16 bits per heavy atom. The summed E-state index contributed by atoms with van der Waals surface area (Å²) in [6, 6.07) is 5.89. The summed E-state index contributed by atoms with van der Waals surface area (Å²) in [4.78, 5) is 18.3. The largest absolute Gasteiger partial charge is 0.376 e. The molecule has 7 nitrogen and oxygen atoms in total. The van der Waals surface area contributed by atoms with Crippen molar-refractivity contribution in [1.82, 2.24) is 10.3 Å². The number of morpholine rings is 1. The summed E-state index contributed by atoms with van der Waals surface area (Å²) >= 11 is 0. The second kappa shape index (κ2) is 7.41. The number of carbonyl (C=O) groups excluding carboxylic acids is 1. The van der Waals surface area contributed by atoms with Gasteiger partial charge >= 0.3 is 5.95 Å². The van der Waals surface area contributed by atoms with E-state index in [4.69, 9.17) is 9.47 Å². The Morgan fingerprint density at radius 3 is 2.96 bits per heavy atom. The van der Waals surface area contributed by atoms with Gasteiger partial charge in [0.25, 0.3) is 5.91 Å². The summed E-state index contributed by atoms with van der Waals surface area (Å²) in [7, 11) is 0. The number of anilines is 1. The van der Waals surface area contributed by atoms with Gasteiger partial charge in [-0.25, -0.2) is 9.38 Å². The van der Waals surface area contributed by atoms with Gasteiger partial charge in [-0.05, 0) is 31.4 Å². The molecule has 1 amide bonds. The van der Waals surface area contributed by atoms with Crippen molar-refractivity contribution in [1.29, 1.82) is 0 Å². The average molecular weight is 345 g/mol. The lowest BCUT2D eigenvalue weighted by atomic mass is 10.1. The number of hydrogen-bond donors (Lipinski definition) is 2. The predicted octanol–water partition coefficient (Wildman–Crippen LogP) is 0.889. The van der Waals surface area contributed by atoms with Gasteiger partial charge in [0, 0.05) is 13.2 Å². The first kappa shape index (κ1) is 16.4. The van der Waals surface area contributed by atoms with Crippen molar-refractivity contribution >= 4 is 17.4 Å². The first-order valence-corrected chi connectivity index (χ1v) is 9.08. The van der Waals surface area contributed by atoms with E-state index in [2.05, 4.69) is 15.2 Å². The quantitative estimate of drug-likeness (QED) is 0.808. The van der Waals surface area contributed by atoms with Crippen LogP contribution >= 0.6 is 0 Å². The standard InChI is InChI=1S/C18H24N4O3/c23-17(19-13-14-5-2-4-10-25-14)16-15-6-1-3-7-22(15)18(20-16)21-8-11-24-12-9-21/h1,3,6-7,14H,2,4-5,8-13H2,(H,19,23)/p+1. The maximum Gasteiger partial charge on any atom is 0.363 e. The Bertz CT molecular complexity index is 733. The van der Waals surface area contributed by atoms with E-state index in [0.717, 1.165) is 44.0 Å². The third-order valence-corrected chi connectivity index (χ3v) is 4.88. The number of rotatable bonds is 4. The third-order valence-electron chi connectivity index (χ3n) is 4.88. The summed E-state index contributed by atoms with van der Waals surface area (Å²) < 4.78 is 13.2. The molecule has 2 saturated heterocycles. The maximum absolute atomic E-state index is 12.7. The van der Waals surface area contributed by atoms with Gasteiger partial charge in [0.05, 0.1) is 38.6 Å². The van der Waals surface area contributed by atoms with Crippen molar-refractivity contribution in [3.05, 3.63) is 30.1 Å². The molecule has 1 unspecified atom stereocenters. The van der Waals surface area contributed by atoms with Gasteiger partial charge < -0.3 is 14.8 Å². The summed E-state index contributed by atoms with van der Waals surface area (Å²) in [5.74, 6) is 0.843. The van der Waals surface area contributed by atoms with Crippen molar-refractivity contribution in [2.75, 3.05) is 44.4 Å². The molecular formula is C18H25N4O3+. The van der Waals surface area contributed by atoms with Crippen LogP contribution in [0.25, 0.3) is 5.52 Å². The van der Waals surface area contributed by atoms with Crippen LogP contribution in [0.4, 0.5) is 5.95 Å². The topological polar surface area (TPSA) is 70.7 Å². The Balaban J connectivity index is 1.55. The molecule has 2 aromatic heterocycles. The van der Waals surface area contributed by atoms with Gasteiger partial charge in [-0.1, -0.05) is 6.07 Å². The number of nitrogens with zero attached hydrogens (tertiary/aromatic N) is 2. The Kier molecular flexibility index (Phi) is 4.85. The minimum Gasteiger partial charge on any atom is -0.376 e. The zero-order chi connectivity index (χ0) is 17.1. The number of aromatic nitrogens is 2. The monoisotopic (exact) mass is 345 g/mol. The Labute approximate surface area is 146 Å². The number of imidazole rings is 1. The minimum absolute atomic E-state index is 0.0858. The number of ether oxygens (including phenoxy) is 2. The summed E-state index contributed by atoms with van der Waals surface area (Å²) in [5, 5.41) is 3.03. The second-order valence-corrected chi connectivity index (χ2v) is 6.58. The van der Waals surface area contributed by atoms with Crippen LogP contribution in [-0.4, -0.2) is 56.5 Å². The van der Waals surface area contributed by atoms with Crippen LogP contribution in [0, 0.1) is 0 Å². The van der Waals surface area contributed by atoms with Crippen LogP contribution in [0.3, 0.4) is 0 Å². The lowest BCUT2D eigenvalue weighted by Gasteiger charge is -2.22. The fourth-order valence-corrected chi connectivity index (χ4v) is 3.51. The normalized spacial score (nSPS) is 21.4. The highest BCUT2D eigenvalue weighted by Gasteiger charge is 2.28. The van der Waals surface area contributed by atoms with Gasteiger partial charge in [0.1, 0.15) is 0 Å². The molecule has 0 spiro atoms. The van der Waals surface area contributed by atoms with Crippen LogP contribution in [0.15, 0.2) is 24.4 Å². The molecule has 25 heavy (non-hydrogen) atoms. The molecule has 7 heteroatoms. The number of nitrogens with one attached hydrogen (secondary N) is 2. The molecule has 0 saturated carbocycles. The van der Waals surface area contributed by atoms with Gasteiger partial charge in [0.15, 0.2) is 5.52 Å². The molecule has 0 bridgehead atoms. The minimum atomic E-state index is -0.0858. The lowest BCUT2D eigenvalue weighted by molar-refractivity contribution is -0.497.